The van der Waals surface area contributed by atoms with Crippen LogP contribution in [0.25, 0.3) is 0 Å². The van der Waals surface area contributed by atoms with Crippen molar-refractivity contribution >= 4 is 11.6 Å². The average Bonchev–Trinajstić information content (AvgIpc) is 2.34. The molecule has 0 radical (unpaired) electrons. The molecule has 3 heteroatoms. The van der Waals surface area contributed by atoms with Crippen molar-refractivity contribution in [2.24, 2.45) is 5.92 Å². The third-order valence-electron chi connectivity index (χ3n) is 3.69. The van der Waals surface area contributed by atoms with Gasteiger partial charge in [0, 0.05) is 5.02 Å². The van der Waals surface area contributed by atoms with Crippen molar-refractivity contribution in [1.29, 1.82) is 0 Å². The number of aliphatic hydroxyl groups is 1. The predicted molar refractivity (Wildman–Crippen MR) is 67.7 cm³/mol. The molecule has 1 aliphatic rings. The summed E-state index contributed by atoms with van der Waals surface area (Å²) in [6.45, 7) is 1.70. The lowest BCUT2D eigenvalue weighted by Gasteiger charge is -2.27. The normalized spacial score (nSPS) is 19.3. The lowest BCUT2D eigenvalue weighted by atomic mass is 9.82. The Labute approximate surface area is 107 Å². The second-order valence-electron chi connectivity index (χ2n) is 4.97. The lowest BCUT2D eigenvalue weighted by molar-refractivity contribution is 0.0848. The van der Waals surface area contributed by atoms with E-state index in [4.69, 9.17) is 11.6 Å². The van der Waals surface area contributed by atoms with Gasteiger partial charge in [-0.15, -0.1) is 0 Å². The van der Waals surface area contributed by atoms with Crippen molar-refractivity contribution in [1.82, 2.24) is 0 Å². The highest BCUT2D eigenvalue weighted by molar-refractivity contribution is 6.31. The highest BCUT2D eigenvalue weighted by Crippen LogP contribution is 2.37. The van der Waals surface area contributed by atoms with Gasteiger partial charge in [0.15, 0.2) is 0 Å². The first kappa shape index (κ1) is 12.8. The van der Waals surface area contributed by atoms with E-state index in [1.165, 1.54) is 25.3 Å². The number of aryl methyl sites for hydroxylation is 1. The van der Waals surface area contributed by atoms with Crippen molar-refractivity contribution in [2.75, 3.05) is 0 Å². The molecule has 0 amide bonds. The first-order valence-corrected chi connectivity index (χ1v) is 6.61. The molecule has 94 valence electrons. The van der Waals surface area contributed by atoms with Crippen molar-refractivity contribution < 1.29 is 9.50 Å². The Kier molecular flexibility index (Phi) is 4.05. The van der Waals surface area contributed by atoms with Crippen LogP contribution in [-0.4, -0.2) is 5.11 Å². The van der Waals surface area contributed by atoms with Crippen LogP contribution >= 0.6 is 11.6 Å². The maximum atomic E-state index is 13.3. The van der Waals surface area contributed by atoms with Crippen LogP contribution < -0.4 is 0 Å². The zero-order valence-corrected chi connectivity index (χ0v) is 10.8. The van der Waals surface area contributed by atoms with E-state index in [0.717, 1.165) is 12.8 Å². The zero-order valence-electron chi connectivity index (χ0n) is 10.0. The van der Waals surface area contributed by atoms with Gasteiger partial charge in [0.25, 0.3) is 0 Å². The highest BCUT2D eigenvalue weighted by atomic mass is 35.5. The summed E-state index contributed by atoms with van der Waals surface area (Å²) in [5.41, 5.74) is 1.22. The van der Waals surface area contributed by atoms with Crippen molar-refractivity contribution in [3.05, 3.63) is 34.1 Å². The smallest absolute Gasteiger partial charge is 0.127 e. The maximum absolute atomic E-state index is 13.3. The second-order valence-corrected chi connectivity index (χ2v) is 5.37. The van der Waals surface area contributed by atoms with Crippen LogP contribution in [0.4, 0.5) is 4.39 Å². The molecule has 0 aliphatic heterocycles. The molecule has 1 saturated carbocycles. The van der Waals surface area contributed by atoms with E-state index in [9.17, 15) is 9.50 Å². The third kappa shape index (κ3) is 2.80. The molecule has 1 aromatic rings. The first-order chi connectivity index (χ1) is 8.09. The Bertz CT molecular complexity index is 399. The summed E-state index contributed by atoms with van der Waals surface area (Å²) in [7, 11) is 0. The van der Waals surface area contributed by atoms with Crippen LogP contribution in [0.5, 0.6) is 0 Å². The fourth-order valence-electron chi connectivity index (χ4n) is 2.61. The summed E-state index contributed by atoms with van der Waals surface area (Å²) in [5, 5.41) is 10.7. The predicted octanol–water partition coefficient (Wildman–Crippen LogP) is 4.40. The minimum Gasteiger partial charge on any atom is -0.388 e. The SMILES string of the molecule is Cc1cc(C(O)C2CCCCC2)c(Cl)cc1F. The van der Waals surface area contributed by atoms with Gasteiger partial charge in [0.1, 0.15) is 5.82 Å². The first-order valence-electron chi connectivity index (χ1n) is 6.23. The fraction of sp³-hybridized carbons (Fsp3) is 0.571. The molecule has 0 bridgehead atoms. The van der Waals surface area contributed by atoms with Gasteiger partial charge >= 0.3 is 0 Å². The van der Waals surface area contributed by atoms with Gasteiger partial charge in [-0.2, -0.15) is 0 Å². The van der Waals surface area contributed by atoms with E-state index in [-0.39, 0.29) is 11.7 Å². The Morgan fingerprint density at radius 3 is 2.59 bits per heavy atom. The van der Waals surface area contributed by atoms with Crippen LogP contribution in [-0.2, 0) is 0 Å². The summed E-state index contributed by atoms with van der Waals surface area (Å²) >= 11 is 6.02. The number of benzene rings is 1. The van der Waals surface area contributed by atoms with Gasteiger partial charge in [0.2, 0.25) is 0 Å². The standard InChI is InChI=1S/C14H18ClFO/c1-9-7-11(12(15)8-13(9)16)14(17)10-5-3-2-4-6-10/h7-8,10,14,17H,2-6H2,1H3. The molecule has 1 aliphatic carbocycles. The average molecular weight is 257 g/mol. The Morgan fingerprint density at radius 2 is 1.94 bits per heavy atom. The molecule has 1 atom stereocenters. The van der Waals surface area contributed by atoms with Crippen molar-refractivity contribution in [3.63, 3.8) is 0 Å². The molecule has 2 rings (SSSR count). The van der Waals surface area contributed by atoms with E-state index in [1.54, 1.807) is 13.0 Å². The van der Waals surface area contributed by atoms with Crippen LogP contribution in [0.15, 0.2) is 12.1 Å². The Hall–Kier alpha value is -0.600. The van der Waals surface area contributed by atoms with Crippen molar-refractivity contribution in [3.8, 4) is 0 Å². The molecular formula is C14H18ClFO. The quantitative estimate of drug-likeness (QED) is 0.832. The molecule has 1 unspecified atom stereocenters. The topological polar surface area (TPSA) is 20.2 Å². The zero-order chi connectivity index (χ0) is 12.4. The van der Waals surface area contributed by atoms with Crippen LogP contribution in [0, 0.1) is 18.7 Å². The van der Waals surface area contributed by atoms with Crippen LogP contribution in [0.3, 0.4) is 0 Å². The Morgan fingerprint density at radius 1 is 1.29 bits per heavy atom. The molecule has 1 nitrogen and oxygen atoms in total. The van der Waals surface area contributed by atoms with Gasteiger partial charge in [0.05, 0.1) is 6.10 Å². The summed E-state index contributed by atoms with van der Waals surface area (Å²) in [6.07, 6.45) is 5.10. The molecule has 1 aromatic carbocycles. The van der Waals surface area contributed by atoms with E-state index >= 15 is 0 Å². The van der Waals surface area contributed by atoms with Gasteiger partial charge in [-0.05, 0) is 48.9 Å². The minimum absolute atomic E-state index is 0.270. The molecule has 1 fully saturated rings. The van der Waals surface area contributed by atoms with Gasteiger partial charge in [-0.3, -0.25) is 0 Å². The summed E-state index contributed by atoms with van der Waals surface area (Å²) in [4.78, 5) is 0. The molecule has 0 aromatic heterocycles. The maximum Gasteiger partial charge on any atom is 0.127 e. The molecule has 1 N–H and O–H groups in total. The highest BCUT2D eigenvalue weighted by Gasteiger charge is 2.25. The van der Waals surface area contributed by atoms with Gasteiger partial charge < -0.3 is 5.11 Å². The third-order valence-corrected chi connectivity index (χ3v) is 4.02. The van der Waals surface area contributed by atoms with E-state index in [0.29, 0.717) is 16.1 Å². The number of rotatable bonds is 2. The number of hydrogen-bond donors (Lipinski definition) is 1. The van der Waals surface area contributed by atoms with E-state index in [2.05, 4.69) is 0 Å². The second kappa shape index (κ2) is 5.36. The largest absolute Gasteiger partial charge is 0.388 e. The fourth-order valence-corrected chi connectivity index (χ4v) is 2.87. The summed E-state index contributed by atoms with van der Waals surface area (Å²) in [5.74, 6) is -0.0410. The van der Waals surface area contributed by atoms with Crippen LogP contribution in [0.2, 0.25) is 5.02 Å². The van der Waals surface area contributed by atoms with E-state index < -0.39 is 6.10 Å². The van der Waals surface area contributed by atoms with E-state index in [1.807, 2.05) is 0 Å². The summed E-state index contributed by atoms with van der Waals surface area (Å²) in [6, 6.07) is 2.98. The molecular weight excluding hydrogens is 239 g/mol. The molecule has 0 saturated heterocycles. The number of hydrogen-bond acceptors (Lipinski definition) is 1. The molecule has 0 spiro atoms. The monoisotopic (exact) mass is 256 g/mol. The van der Waals surface area contributed by atoms with Gasteiger partial charge in [-0.25, -0.2) is 4.39 Å². The van der Waals surface area contributed by atoms with Gasteiger partial charge in [-0.1, -0.05) is 30.9 Å². The number of halogens is 2. The lowest BCUT2D eigenvalue weighted by Crippen LogP contribution is -2.16. The minimum atomic E-state index is -0.554. The van der Waals surface area contributed by atoms with Crippen LogP contribution in [0.1, 0.15) is 49.3 Å². The molecule has 0 heterocycles. The van der Waals surface area contributed by atoms with Crippen molar-refractivity contribution in [2.45, 2.75) is 45.1 Å². The number of aliphatic hydroxyl groups excluding tert-OH is 1. The Balaban J connectivity index is 2.23. The molecule has 17 heavy (non-hydrogen) atoms. The summed E-state index contributed by atoms with van der Waals surface area (Å²) < 4.78 is 13.3.